The first-order valence-electron chi connectivity index (χ1n) is 8.54. The van der Waals surface area contributed by atoms with Gasteiger partial charge in [-0.1, -0.05) is 17.7 Å². The molecule has 3 rings (SSSR count). The Bertz CT molecular complexity index is 1060. The summed E-state index contributed by atoms with van der Waals surface area (Å²) in [6, 6.07) is 16.8. The Balaban J connectivity index is 1.59. The molecule has 0 heterocycles. The van der Waals surface area contributed by atoms with Crippen LogP contribution in [0.5, 0.6) is 11.5 Å². The number of aromatic hydroxyl groups is 2. The predicted octanol–water partition coefficient (Wildman–Crippen LogP) is 4.51. The average molecular weight is 391 g/mol. The lowest BCUT2D eigenvalue weighted by atomic mass is 10.1. The molecule has 8 heteroatoms. The highest BCUT2D eigenvalue weighted by molar-refractivity contribution is 5.95. The fraction of sp³-hybridized carbons (Fsp3) is 0.0476. The number of hydrogen-bond acceptors (Lipinski definition) is 7. The lowest BCUT2D eigenvalue weighted by molar-refractivity contribution is 0.0596. The summed E-state index contributed by atoms with van der Waals surface area (Å²) >= 11 is 0. The van der Waals surface area contributed by atoms with E-state index in [2.05, 4.69) is 15.7 Å². The van der Waals surface area contributed by atoms with E-state index in [9.17, 15) is 19.8 Å². The minimum absolute atomic E-state index is 0.00704. The Kier molecular flexibility index (Phi) is 5.84. The third kappa shape index (κ3) is 5.39. The number of nitrogens with one attached hydrogen (secondary N) is 1. The van der Waals surface area contributed by atoms with Gasteiger partial charge < -0.3 is 15.1 Å². The Morgan fingerprint density at radius 2 is 1.59 bits per heavy atom. The number of anilines is 1. The van der Waals surface area contributed by atoms with Gasteiger partial charge in [-0.2, -0.15) is 0 Å². The maximum absolute atomic E-state index is 12.0. The number of hydrogen-bond donors (Lipinski definition) is 3. The van der Waals surface area contributed by atoms with Gasteiger partial charge in [0.15, 0.2) is 0 Å². The van der Waals surface area contributed by atoms with E-state index in [0.717, 1.165) is 11.6 Å². The molecule has 3 aromatic carbocycles. The quantitative estimate of drug-likeness (QED) is 0.434. The lowest BCUT2D eigenvalue weighted by Gasteiger charge is -2.07. The summed E-state index contributed by atoms with van der Waals surface area (Å²) in [5.41, 5.74) is 4.83. The number of rotatable bonds is 5. The zero-order valence-corrected chi connectivity index (χ0v) is 15.4. The van der Waals surface area contributed by atoms with Gasteiger partial charge in [0.2, 0.25) is 0 Å². The van der Waals surface area contributed by atoms with Crippen molar-refractivity contribution < 1.29 is 24.6 Å². The van der Waals surface area contributed by atoms with Crippen molar-refractivity contribution in [1.29, 1.82) is 0 Å². The fourth-order valence-electron chi connectivity index (χ4n) is 2.41. The standard InChI is InChI=1S/C21H17N3O5/c1-13-3-2-4-14(9-13)21(28)29-24-17-7-5-16(6-8-17)22-23-20(27)15-10-18(25)12-19(26)11-15/h2-12,24-26H,1H3. The van der Waals surface area contributed by atoms with Crippen molar-refractivity contribution in [2.45, 2.75) is 6.92 Å². The van der Waals surface area contributed by atoms with Crippen molar-refractivity contribution in [3.05, 3.63) is 83.4 Å². The molecule has 3 aromatic rings. The predicted molar refractivity (Wildman–Crippen MR) is 105 cm³/mol. The SMILES string of the molecule is Cc1cccc(C(=O)ONc2ccc(N=NC(=O)c3cc(O)cc(O)c3)cc2)c1. The molecule has 0 atom stereocenters. The van der Waals surface area contributed by atoms with Crippen LogP contribution < -0.4 is 5.48 Å². The molecule has 0 aliphatic heterocycles. The maximum Gasteiger partial charge on any atom is 0.362 e. The van der Waals surface area contributed by atoms with Gasteiger partial charge in [-0.3, -0.25) is 4.79 Å². The van der Waals surface area contributed by atoms with Crippen molar-refractivity contribution in [2.24, 2.45) is 10.2 Å². The summed E-state index contributed by atoms with van der Waals surface area (Å²) in [4.78, 5) is 29.0. The van der Waals surface area contributed by atoms with Gasteiger partial charge in [-0.05, 0) is 55.5 Å². The Labute approximate surface area is 166 Å². The third-order valence-electron chi connectivity index (χ3n) is 3.79. The largest absolute Gasteiger partial charge is 0.508 e. The molecule has 0 unspecified atom stereocenters. The summed E-state index contributed by atoms with van der Waals surface area (Å²) in [6.07, 6.45) is 0. The molecule has 0 bridgehead atoms. The second-order valence-electron chi connectivity index (χ2n) is 6.15. The smallest absolute Gasteiger partial charge is 0.362 e. The second-order valence-corrected chi connectivity index (χ2v) is 6.15. The summed E-state index contributed by atoms with van der Waals surface area (Å²) in [5, 5.41) is 26.2. The number of carbonyl (C=O) groups is 2. The summed E-state index contributed by atoms with van der Waals surface area (Å²) in [5.74, 6) is -1.73. The van der Waals surface area contributed by atoms with Crippen LogP contribution in [0.2, 0.25) is 0 Å². The topological polar surface area (TPSA) is 121 Å². The molecule has 0 saturated heterocycles. The number of amides is 1. The van der Waals surface area contributed by atoms with E-state index in [-0.39, 0.29) is 17.1 Å². The number of nitrogens with zero attached hydrogens (tertiary/aromatic N) is 2. The van der Waals surface area contributed by atoms with Gasteiger partial charge in [-0.15, -0.1) is 10.2 Å². The molecule has 0 spiro atoms. The minimum atomic E-state index is -0.717. The van der Waals surface area contributed by atoms with Crippen molar-refractivity contribution in [3.63, 3.8) is 0 Å². The number of carbonyl (C=O) groups excluding carboxylic acids is 2. The van der Waals surface area contributed by atoms with Crippen molar-refractivity contribution in [3.8, 4) is 11.5 Å². The molecular weight excluding hydrogens is 374 g/mol. The van der Waals surface area contributed by atoms with E-state index in [0.29, 0.717) is 16.9 Å². The van der Waals surface area contributed by atoms with E-state index < -0.39 is 11.9 Å². The van der Waals surface area contributed by atoms with Crippen LogP contribution >= 0.6 is 0 Å². The van der Waals surface area contributed by atoms with Crippen molar-refractivity contribution >= 4 is 23.3 Å². The first kappa shape index (κ1) is 19.6. The van der Waals surface area contributed by atoms with Gasteiger partial charge in [0.1, 0.15) is 11.5 Å². The number of azo groups is 1. The molecule has 0 fully saturated rings. The molecule has 29 heavy (non-hydrogen) atoms. The van der Waals surface area contributed by atoms with Crippen LogP contribution in [0.25, 0.3) is 0 Å². The van der Waals surface area contributed by atoms with E-state index in [1.165, 1.54) is 12.1 Å². The van der Waals surface area contributed by atoms with E-state index >= 15 is 0 Å². The monoisotopic (exact) mass is 391 g/mol. The summed E-state index contributed by atoms with van der Waals surface area (Å²) in [7, 11) is 0. The van der Waals surface area contributed by atoms with Crippen LogP contribution in [0.15, 0.2) is 77.0 Å². The molecule has 0 radical (unpaired) electrons. The van der Waals surface area contributed by atoms with Crippen molar-refractivity contribution in [1.82, 2.24) is 0 Å². The second kappa shape index (κ2) is 8.66. The van der Waals surface area contributed by atoms with Crippen LogP contribution in [0.1, 0.15) is 26.3 Å². The van der Waals surface area contributed by atoms with E-state index in [4.69, 9.17) is 4.84 Å². The molecule has 146 valence electrons. The van der Waals surface area contributed by atoms with Gasteiger partial charge in [0.05, 0.1) is 22.5 Å². The third-order valence-corrected chi connectivity index (χ3v) is 3.79. The highest BCUT2D eigenvalue weighted by Crippen LogP contribution is 2.22. The number of aryl methyl sites for hydroxylation is 1. The minimum Gasteiger partial charge on any atom is -0.508 e. The maximum atomic E-state index is 12.0. The molecule has 1 amide bonds. The van der Waals surface area contributed by atoms with Gasteiger partial charge in [0, 0.05) is 6.07 Å². The molecule has 0 saturated carbocycles. The number of benzene rings is 3. The molecule has 0 aliphatic rings. The van der Waals surface area contributed by atoms with Crippen LogP contribution in [-0.4, -0.2) is 22.1 Å². The molecule has 8 nitrogen and oxygen atoms in total. The average Bonchev–Trinajstić information content (AvgIpc) is 2.70. The number of phenols is 2. The normalized spacial score (nSPS) is 10.7. The fourth-order valence-corrected chi connectivity index (χ4v) is 2.41. The first-order valence-corrected chi connectivity index (χ1v) is 8.54. The van der Waals surface area contributed by atoms with Gasteiger partial charge in [0.25, 0.3) is 5.91 Å². The van der Waals surface area contributed by atoms with Crippen LogP contribution in [0.4, 0.5) is 11.4 Å². The van der Waals surface area contributed by atoms with Crippen LogP contribution in [0.3, 0.4) is 0 Å². The molecule has 3 N–H and O–H groups in total. The van der Waals surface area contributed by atoms with Crippen molar-refractivity contribution in [2.75, 3.05) is 5.48 Å². The Hall–Kier alpha value is -4.20. The molecule has 0 aliphatic carbocycles. The Morgan fingerprint density at radius 1 is 0.897 bits per heavy atom. The zero-order valence-electron chi connectivity index (χ0n) is 15.4. The summed E-state index contributed by atoms with van der Waals surface area (Å²) < 4.78 is 0. The highest BCUT2D eigenvalue weighted by Gasteiger charge is 2.09. The van der Waals surface area contributed by atoms with Crippen LogP contribution in [-0.2, 0) is 4.84 Å². The zero-order chi connectivity index (χ0) is 20.8. The van der Waals surface area contributed by atoms with Gasteiger partial charge >= 0.3 is 5.97 Å². The van der Waals surface area contributed by atoms with E-state index in [1.54, 1.807) is 42.5 Å². The number of phenolic OH excluding ortho intramolecular Hbond substituents is 2. The Morgan fingerprint density at radius 3 is 2.24 bits per heavy atom. The van der Waals surface area contributed by atoms with E-state index in [1.807, 2.05) is 13.0 Å². The van der Waals surface area contributed by atoms with Crippen LogP contribution in [0, 0.1) is 6.92 Å². The lowest BCUT2D eigenvalue weighted by Crippen LogP contribution is -2.10. The highest BCUT2D eigenvalue weighted by atomic mass is 16.7. The summed E-state index contributed by atoms with van der Waals surface area (Å²) in [6.45, 7) is 1.88. The molecule has 0 aromatic heterocycles. The first-order chi connectivity index (χ1) is 13.9. The van der Waals surface area contributed by atoms with Gasteiger partial charge in [-0.25, -0.2) is 10.3 Å². The molecular formula is C21H17N3O5.